The van der Waals surface area contributed by atoms with Crippen molar-refractivity contribution < 1.29 is 0 Å². The molecule has 0 bridgehead atoms. The van der Waals surface area contributed by atoms with Crippen LogP contribution in [0.2, 0.25) is 0 Å². The summed E-state index contributed by atoms with van der Waals surface area (Å²) < 4.78 is 0. The van der Waals surface area contributed by atoms with Gasteiger partial charge in [0.05, 0.1) is 0 Å². The van der Waals surface area contributed by atoms with Crippen LogP contribution in [-0.2, 0) is 0 Å². The second kappa shape index (κ2) is 5.87. The average Bonchev–Trinajstić information content (AvgIpc) is 1.84. The molecule has 0 spiro atoms. The summed E-state index contributed by atoms with van der Waals surface area (Å²) in [5.74, 6) is 2.50. The maximum atomic E-state index is 5.78. The summed E-state index contributed by atoms with van der Waals surface area (Å²) in [5.41, 5.74) is 6.20. The van der Waals surface area contributed by atoms with Crippen LogP contribution in [0.5, 0.6) is 0 Å². The van der Waals surface area contributed by atoms with Gasteiger partial charge in [0.2, 0.25) is 0 Å². The topological polar surface area (TPSA) is 26.0 Å². The molecular formula is C10H23NS. The number of thioether (sulfide) groups is 1. The highest BCUT2D eigenvalue weighted by molar-refractivity contribution is 7.99. The molecule has 1 unspecified atom stereocenters. The Morgan fingerprint density at radius 3 is 2.42 bits per heavy atom. The number of hydrogen-bond acceptors (Lipinski definition) is 2. The molecule has 0 saturated carbocycles. The molecule has 1 atom stereocenters. The summed E-state index contributed by atoms with van der Waals surface area (Å²) in [6.07, 6.45) is 2.42. The highest BCUT2D eigenvalue weighted by Crippen LogP contribution is 2.27. The van der Waals surface area contributed by atoms with Crippen molar-refractivity contribution in [2.24, 2.45) is 11.1 Å². The lowest BCUT2D eigenvalue weighted by molar-refractivity contribution is 0.303. The van der Waals surface area contributed by atoms with Crippen LogP contribution in [-0.4, -0.2) is 17.5 Å². The fraction of sp³-hybridized carbons (Fsp3) is 1.00. The molecule has 0 aliphatic heterocycles. The van der Waals surface area contributed by atoms with Crippen LogP contribution < -0.4 is 5.73 Å². The minimum absolute atomic E-state index is 0.339. The highest BCUT2D eigenvalue weighted by atomic mass is 32.2. The van der Waals surface area contributed by atoms with Crippen LogP contribution >= 0.6 is 11.8 Å². The summed E-state index contributed by atoms with van der Waals surface area (Å²) >= 11 is 2.02. The first-order valence-electron chi connectivity index (χ1n) is 4.81. The van der Waals surface area contributed by atoms with E-state index >= 15 is 0 Å². The normalized spacial score (nSPS) is 14.8. The molecule has 0 aromatic rings. The molecule has 0 aliphatic rings. The van der Waals surface area contributed by atoms with Crippen LogP contribution in [0, 0.1) is 5.41 Å². The Morgan fingerprint density at radius 2 is 2.00 bits per heavy atom. The second-order valence-corrected chi connectivity index (χ2v) is 5.69. The predicted octanol–water partition coefficient (Wildman–Crippen LogP) is 2.89. The minimum Gasteiger partial charge on any atom is -0.328 e. The Kier molecular flexibility index (Phi) is 6.02. The summed E-state index contributed by atoms with van der Waals surface area (Å²) in [7, 11) is 0. The van der Waals surface area contributed by atoms with E-state index in [9.17, 15) is 0 Å². The van der Waals surface area contributed by atoms with Gasteiger partial charge in [0.25, 0.3) is 0 Å². The lowest BCUT2D eigenvalue weighted by Gasteiger charge is -2.26. The molecule has 0 radical (unpaired) electrons. The molecule has 74 valence electrons. The van der Waals surface area contributed by atoms with E-state index in [0.29, 0.717) is 11.5 Å². The molecule has 0 saturated heterocycles. The van der Waals surface area contributed by atoms with Gasteiger partial charge >= 0.3 is 0 Å². The summed E-state index contributed by atoms with van der Waals surface area (Å²) in [4.78, 5) is 0. The molecule has 0 aromatic heterocycles. The summed E-state index contributed by atoms with van der Waals surface area (Å²) in [5, 5.41) is 0. The van der Waals surface area contributed by atoms with E-state index in [4.69, 9.17) is 5.73 Å². The molecule has 12 heavy (non-hydrogen) atoms. The quantitative estimate of drug-likeness (QED) is 0.650. The number of rotatable bonds is 6. The lowest BCUT2D eigenvalue weighted by Crippen LogP contribution is -2.25. The Bertz CT molecular complexity index is 110. The van der Waals surface area contributed by atoms with E-state index in [0.717, 1.165) is 6.42 Å². The van der Waals surface area contributed by atoms with Crippen molar-refractivity contribution in [3.05, 3.63) is 0 Å². The molecule has 0 heterocycles. The summed E-state index contributed by atoms with van der Waals surface area (Å²) in [6.45, 7) is 8.93. The van der Waals surface area contributed by atoms with Crippen molar-refractivity contribution in [3.8, 4) is 0 Å². The Labute approximate surface area is 81.5 Å². The molecule has 0 rings (SSSR count). The predicted molar refractivity (Wildman–Crippen MR) is 59.7 cm³/mol. The van der Waals surface area contributed by atoms with Crippen molar-refractivity contribution >= 4 is 11.8 Å². The zero-order valence-electron chi connectivity index (χ0n) is 8.89. The first-order valence-corrected chi connectivity index (χ1v) is 5.97. The number of hydrogen-bond donors (Lipinski definition) is 1. The number of nitrogens with two attached hydrogens (primary N) is 1. The monoisotopic (exact) mass is 189 g/mol. The van der Waals surface area contributed by atoms with Crippen molar-refractivity contribution in [1.29, 1.82) is 0 Å². The van der Waals surface area contributed by atoms with Gasteiger partial charge in [-0.15, -0.1) is 0 Å². The average molecular weight is 189 g/mol. The van der Waals surface area contributed by atoms with Crippen LogP contribution in [0.3, 0.4) is 0 Å². The maximum Gasteiger partial charge on any atom is 0.00155 e. The second-order valence-electron chi connectivity index (χ2n) is 4.29. The molecular weight excluding hydrogens is 166 g/mol. The molecule has 0 aliphatic carbocycles. The molecule has 0 fully saturated rings. The third-order valence-electron chi connectivity index (χ3n) is 2.00. The fourth-order valence-electron chi connectivity index (χ4n) is 1.47. The van der Waals surface area contributed by atoms with E-state index in [-0.39, 0.29) is 0 Å². The zero-order chi connectivity index (χ0) is 9.61. The largest absolute Gasteiger partial charge is 0.328 e. The first kappa shape index (κ1) is 12.3. The van der Waals surface area contributed by atoms with Crippen LogP contribution in [0.25, 0.3) is 0 Å². The van der Waals surface area contributed by atoms with E-state index < -0.39 is 0 Å². The third-order valence-corrected chi connectivity index (χ3v) is 2.90. The molecule has 1 nitrogen and oxygen atoms in total. The van der Waals surface area contributed by atoms with Crippen LogP contribution in [0.4, 0.5) is 0 Å². The SMILES string of the molecule is CCSCCC(C)(C)CC(C)N. The standard InChI is InChI=1S/C10H23NS/c1-5-12-7-6-10(3,4)8-9(2)11/h9H,5-8,11H2,1-4H3. The van der Waals surface area contributed by atoms with E-state index in [1.165, 1.54) is 17.9 Å². The van der Waals surface area contributed by atoms with Gasteiger partial charge in [-0.1, -0.05) is 20.8 Å². The van der Waals surface area contributed by atoms with Crippen molar-refractivity contribution in [3.63, 3.8) is 0 Å². The van der Waals surface area contributed by atoms with Crippen LogP contribution in [0.15, 0.2) is 0 Å². The van der Waals surface area contributed by atoms with Gasteiger partial charge in [-0.05, 0) is 36.7 Å². The van der Waals surface area contributed by atoms with Crippen molar-refractivity contribution in [2.75, 3.05) is 11.5 Å². The van der Waals surface area contributed by atoms with Gasteiger partial charge in [0.15, 0.2) is 0 Å². The first-order chi connectivity index (χ1) is 5.48. The fourth-order valence-corrected chi connectivity index (χ4v) is 2.45. The van der Waals surface area contributed by atoms with E-state index in [1.807, 2.05) is 11.8 Å². The van der Waals surface area contributed by atoms with Gasteiger partial charge in [0.1, 0.15) is 0 Å². The van der Waals surface area contributed by atoms with Crippen molar-refractivity contribution in [2.45, 2.75) is 46.6 Å². The smallest absolute Gasteiger partial charge is 0.00155 e. The molecule has 0 amide bonds. The van der Waals surface area contributed by atoms with Gasteiger partial charge in [0, 0.05) is 6.04 Å². The lowest BCUT2D eigenvalue weighted by atomic mass is 9.84. The van der Waals surface area contributed by atoms with E-state index in [1.54, 1.807) is 0 Å². The Morgan fingerprint density at radius 1 is 1.42 bits per heavy atom. The Balaban J connectivity index is 3.56. The van der Waals surface area contributed by atoms with Crippen LogP contribution in [0.1, 0.15) is 40.5 Å². The third kappa shape index (κ3) is 6.99. The highest BCUT2D eigenvalue weighted by Gasteiger charge is 2.18. The maximum absolute atomic E-state index is 5.78. The van der Waals surface area contributed by atoms with Gasteiger partial charge < -0.3 is 5.73 Å². The van der Waals surface area contributed by atoms with Crippen molar-refractivity contribution in [1.82, 2.24) is 0 Å². The van der Waals surface area contributed by atoms with Gasteiger partial charge in [-0.3, -0.25) is 0 Å². The molecule has 2 heteroatoms. The Hall–Kier alpha value is 0.310. The zero-order valence-corrected chi connectivity index (χ0v) is 9.71. The molecule has 0 aromatic carbocycles. The van der Waals surface area contributed by atoms with E-state index in [2.05, 4.69) is 27.7 Å². The molecule has 2 N–H and O–H groups in total. The summed E-state index contributed by atoms with van der Waals surface area (Å²) in [6, 6.07) is 0.339. The minimum atomic E-state index is 0.339. The van der Waals surface area contributed by atoms with Gasteiger partial charge in [-0.25, -0.2) is 0 Å². The van der Waals surface area contributed by atoms with Gasteiger partial charge in [-0.2, -0.15) is 11.8 Å².